The summed E-state index contributed by atoms with van der Waals surface area (Å²) in [7, 11) is 0. The fraction of sp³-hybridized carbons (Fsp3) is 0.400. The van der Waals surface area contributed by atoms with Crippen molar-refractivity contribution in [2.24, 2.45) is 5.73 Å². The van der Waals surface area contributed by atoms with Crippen LogP contribution in [0.3, 0.4) is 0 Å². The summed E-state index contributed by atoms with van der Waals surface area (Å²) in [6.45, 7) is 2.78. The summed E-state index contributed by atoms with van der Waals surface area (Å²) in [5.41, 5.74) is 6.10. The summed E-state index contributed by atoms with van der Waals surface area (Å²) >= 11 is 3.31. The number of carbonyl (C=O) groups excluding carboxylic acids is 1. The highest BCUT2D eigenvalue weighted by molar-refractivity contribution is 9.10. The van der Waals surface area contributed by atoms with Gasteiger partial charge in [0.05, 0.1) is 0 Å². The maximum atomic E-state index is 11.2. The molecule has 0 fully saturated rings. The van der Waals surface area contributed by atoms with E-state index in [4.69, 9.17) is 5.73 Å². The van der Waals surface area contributed by atoms with E-state index in [9.17, 15) is 4.79 Å². The van der Waals surface area contributed by atoms with Gasteiger partial charge in [0.2, 0.25) is 5.91 Å². The van der Waals surface area contributed by atoms with E-state index in [1.807, 2.05) is 13.0 Å². The van der Waals surface area contributed by atoms with Crippen LogP contribution in [0.15, 0.2) is 22.9 Å². The van der Waals surface area contributed by atoms with Crippen LogP contribution >= 0.6 is 15.9 Å². The van der Waals surface area contributed by atoms with E-state index < -0.39 is 6.04 Å². The van der Waals surface area contributed by atoms with E-state index in [-0.39, 0.29) is 5.91 Å². The quantitative estimate of drug-likeness (QED) is 0.850. The molecular formula is C10H14BrN3O. The van der Waals surface area contributed by atoms with E-state index in [0.717, 1.165) is 23.0 Å². The lowest BCUT2D eigenvalue weighted by molar-refractivity contribution is -0.120. The molecule has 4 nitrogen and oxygen atoms in total. The number of halogens is 1. The van der Waals surface area contributed by atoms with Crippen LogP contribution in [0.1, 0.15) is 24.9 Å². The topological polar surface area (TPSA) is 68.0 Å². The molecule has 3 N–H and O–H groups in total. The predicted molar refractivity (Wildman–Crippen MR) is 62.2 cm³/mol. The lowest BCUT2D eigenvalue weighted by atomic mass is 10.1. The Hall–Kier alpha value is -0.940. The molecule has 82 valence electrons. The van der Waals surface area contributed by atoms with Crippen molar-refractivity contribution >= 4 is 21.8 Å². The molecule has 1 atom stereocenters. The molecule has 1 rings (SSSR count). The number of pyridine rings is 1. The van der Waals surface area contributed by atoms with Gasteiger partial charge < -0.3 is 11.1 Å². The Morgan fingerprint density at radius 3 is 2.93 bits per heavy atom. The number of rotatable bonds is 5. The van der Waals surface area contributed by atoms with Gasteiger partial charge in [-0.05, 0) is 40.5 Å². The van der Waals surface area contributed by atoms with Gasteiger partial charge in [0.1, 0.15) is 6.04 Å². The molecule has 1 heterocycles. The van der Waals surface area contributed by atoms with Crippen molar-refractivity contribution < 1.29 is 4.79 Å². The zero-order valence-electron chi connectivity index (χ0n) is 8.53. The van der Waals surface area contributed by atoms with Crippen molar-refractivity contribution in [1.82, 2.24) is 10.3 Å². The van der Waals surface area contributed by atoms with Gasteiger partial charge in [0.15, 0.2) is 0 Å². The molecule has 0 saturated carbocycles. The van der Waals surface area contributed by atoms with Crippen LogP contribution in [-0.2, 0) is 4.79 Å². The number of nitrogens with two attached hydrogens (primary N) is 1. The van der Waals surface area contributed by atoms with Gasteiger partial charge in [-0.25, -0.2) is 0 Å². The summed E-state index contributed by atoms with van der Waals surface area (Å²) < 4.78 is 0.838. The van der Waals surface area contributed by atoms with Crippen LogP contribution in [0.4, 0.5) is 0 Å². The summed E-state index contributed by atoms with van der Waals surface area (Å²) in [4.78, 5) is 15.2. The minimum Gasteiger partial charge on any atom is -0.368 e. The highest BCUT2D eigenvalue weighted by Crippen LogP contribution is 2.16. The molecule has 1 amide bonds. The zero-order valence-corrected chi connectivity index (χ0v) is 10.1. The fourth-order valence-corrected chi connectivity index (χ4v) is 1.64. The predicted octanol–water partition coefficient (Wildman–Crippen LogP) is 1.37. The van der Waals surface area contributed by atoms with Gasteiger partial charge in [-0.3, -0.25) is 9.78 Å². The largest absolute Gasteiger partial charge is 0.368 e. The molecule has 1 unspecified atom stereocenters. The number of nitrogens with zero attached hydrogens (tertiary/aromatic N) is 1. The van der Waals surface area contributed by atoms with Gasteiger partial charge in [-0.15, -0.1) is 0 Å². The second-order valence-electron chi connectivity index (χ2n) is 3.23. The Labute approximate surface area is 97.4 Å². The lowest BCUT2D eigenvalue weighted by Crippen LogP contribution is -2.34. The summed E-state index contributed by atoms with van der Waals surface area (Å²) in [5.74, 6) is -0.386. The highest BCUT2D eigenvalue weighted by Gasteiger charge is 2.16. The van der Waals surface area contributed by atoms with E-state index in [1.165, 1.54) is 0 Å². The fourth-order valence-electron chi connectivity index (χ4n) is 1.26. The smallest absolute Gasteiger partial charge is 0.239 e. The normalized spacial score (nSPS) is 12.4. The molecule has 15 heavy (non-hydrogen) atoms. The Balaban J connectivity index is 2.84. The maximum Gasteiger partial charge on any atom is 0.239 e. The van der Waals surface area contributed by atoms with E-state index in [1.54, 1.807) is 12.4 Å². The Kier molecular flexibility index (Phi) is 4.71. The van der Waals surface area contributed by atoms with Crippen LogP contribution in [-0.4, -0.2) is 17.4 Å². The molecule has 0 aromatic carbocycles. The second kappa shape index (κ2) is 5.82. The molecule has 0 aliphatic carbocycles. The molecule has 0 spiro atoms. The van der Waals surface area contributed by atoms with Gasteiger partial charge in [-0.2, -0.15) is 0 Å². The first-order valence-corrected chi connectivity index (χ1v) is 5.57. The van der Waals surface area contributed by atoms with Crippen LogP contribution in [0, 0.1) is 0 Å². The molecular weight excluding hydrogens is 258 g/mol. The number of primary amides is 1. The van der Waals surface area contributed by atoms with Gasteiger partial charge in [0.25, 0.3) is 0 Å². The first-order chi connectivity index (χ1) is 7.15. The maximum absolute atomic E-state index is 11.2. The van der Waals surface area contributed by atoms with Gasteiger partial charge >= 0.3 is 0 Å². The number of hydrogen-bond donors (Lipinski definition) is 2. The molecule has 0 aliphatic heterocycles. The third-order valence-corrected chi connectivity index (χ3v) is 2.38. The Bertz CT molecular complexity index is 343. The molecule has 0 aliphatic rings. The van der Waals surface area contributed by atoms with Crippen LogP contribution in [0.25, 0.3) is 0 Å². The minimum atomic E-state index is -0.463. The van der Waals surface area contributed by atoms with E-state index in [0.29, 0.717) is 0 Å². The first-order valence-electron chi connectivity index (χ1n) is 4.78. The van der Waals surface area contributed by atoms with Crippen LogP contribution in [0.5, 0.6) is 0 Å². The van der Waals surface area contributed by atoms with E-state index >= 15 is 0 Å². The van der Waals surface area contributed by atoms with Crippen molar-refractivity contribution in [2.45, 2.75) is 19.4 Å². The number of carbonyl (C=O) groups is 1. The molecule has 0 radical (unpaired) electrons. The number of amides is 1. The highest BCUT2D eigenvalue weighted by atomic mass is 79.9. The van der Waals surface area contributed by atoms with Crippen molar-refractivity contribution in [2.75, 3.05) is 6.54 Å². The molecule has 1 aromatic heterocycles. The second-order valence-corrected chi connectivity index (χ2v) is 4.14. The lowest BCUT2D eigenvalue weighted by Gasteiger charge is -2.14. The molecule has 5 heteroatoms. The monoisotopic (exact) mass is 271 g/mol. The van der Waals surface area contributed by atoms with Crippen molar-refractivity contribution in [3.05, 3.63) is 28.5 Å². The number of nitrogens with one attached hydrogen (secondary N) is 1. The Morgan fingerprint density at radius 1 is 1.67 bits per heavy atom. The number of aromatic nitrogens is 1. The van der Waals surface area contributed by atoms with E-state index in [2.05, 4.69) is 26.2 Å². The van der Waals surface area contributed by atoms with Crippen molar-refractivity contribution in [3.8, 4) is 0 Å². The Morgan fingerprint density at radius 2 is 2.40 bits per heavy atom. The van der Waals surface area contributed by atoms with Gasteiger partial charge in [0, 0.05) is 16.9 Å². The summed E-state index contributed by atoms with van der Waals surface area (Å²) in [5, 5.41) is 3.08. The molecule has 1 aromatic rings. The zero-order chi connectivity index (χ0) is 11.3. The SMILES string of the molecule is CCCNC(C(N)=O)c1cncc(Br)c1. The van der Waals surface area contributed by atoms with Crippen molar-refractivity contribution in [1.29, 1.82) is 0 Å². The average molecular weight is 272 g/mol. The summed E-state index contributed by atoms with van der Waals surface area (Å²) in [6, 6.07) is 1.38. The average Bonchev–Trinajstić information content (AvgIpc) is 2.18. The standard InChI is InChI=1S/C10H14BrN3O/c1-2-3-14-9(10(12)15)7-4-8(11)6-13-5-7/h4-6,9,14H,2-3H2,1H3,(H2,12,15). The van der Waals surface area contributed by atoms with Gasteiger partial charge in [-0.1, -0.05) is 6.92 Å². The third-order valence-electron chi connectivity index (χ3n) is 1.94. The van der Waals surface area contributed by atoms with Crippen LogP contribution in [0.2, 0.25) is 0 Å². The molecule has 0 saturated heterocycles. The first kappa shape index (κ1) is 12.1. The van der Waals surface area contributed by atoms with Crippen molar-refractivity contribution in [3.63, 3.8) is 0 Å². The van der Waals surface area contributed by atoms with Crippen LogP contribution < -0.4 is 11.1 Å². The minimum absolute atomic E-state index is 0.386. The molecule has 0 bridgehead atoms. The third kappa shape index (κ3) is 3.60. The summed E-state index contributed by atoms with van der Waals surface area (Å²) in [6.07, 6.45) is 4.26. The number of hydrogen-bond acceptors (Lipinski definition) is 3.